The highest BCUT2D eigenvalue weighted by molar-refractivity contribution is 5.78. The predicted octanol–water partition coefficient (Wildman–Crippen LogP) is 1.60. The summed E-state index contributed by atoms with van der Waals surface area (Å²) in [5.74, 6) is -0.430. The molecule has 1 fully saturated rings. The molecule has 0 spiro atoms. The summed E-state index contributed by atoms with van der Waals surface area (Å²) in [5, 5.41) is 12.6. The van der Waals surface area contributed by atoms with Gasteiger partial charge in [-0.3, -0.25) is 4.79 Å². The quantitative estimate of drug-likeness (QED) is 0.770. The summed E-state index contributed by atoms with van der Waals surface area (Å²) >= 11 is 0. The summed E-state index contributed by atoms with van der Waals surface area (Å²) in [4.78, 5) is 23.6. The lowest BCUT2D eigenvalue weighted by Gasteiger charge is -2.29. The van der Waals surface area contributed by atoms with E-state index in [0.717, 1.165) is 0 Å². The molecule has 1 amide bonds. The van der Waals surface area contributed by atoms with E-state index in [1.54, 1.807) is 27.7 Å². The Morgan fingerprint density at radius 3 is 2.45 bits per heavy atom. The Kier molecular flexibility index (Phi) is 5.02. The maximum Gasteiger partial charge on any atom is 0.407 e. The summed E-state index contributed by atoms with van der Waals surface area (Å²) in [6, 6.07) is -0.196. The average molecular weight is 287 g/mol. The predicted molar refractivity (Wildman–Crippen MR) is 73.1 cm³/mol. The molecule has 2 N–H and O–H groups in total. The van der Waals surface area contributed by atoms with Crippen molar-refractivity contribution in [2.45, 2.75) is 64.7 Å². The number of methoxy groups -OCH3 is 1. The number of aliphatic hydroxyl groups excluding tert-OH is 1. The van der Waals surface area contributed by atoms with E-state index in [1.807, 2.05) is 0 Å². The van der Waals surface area contributed by atoms with Crippen LogP contribution in [-0.2, 0) is 14.3 Å². The molecular formula is C14H25NO5. The normalized spacial score (nSPS) is 27.8. The minimum absolute atomic E-state index is 0.196. The third-order valence-electron chi connectivity index (χ3n) is 3.66. The van der Waals surface area contributed by atoms with E-state index >= 15 is 0 Å². The van der Waals surface area contributed by atoms with Crippen LogP contribution in [0.4, 0.5) is 4.79 Å². The van der Waals surface area contributed by atoms with Crippen LogP contribution in [0, 0.1) is 5.41 Å². The first-order valence-corrected chi connectivity index (χ1v) is 6.87. The summed E-state index contributed by atoms with van der Waals surface area (Å²) in [6.45, 7) is 6.94. The molecule has 1 aliphatic carbocycles. The van der Waals surface area contributed by atoms with E-state index < -0.39 is 29.2 Å². The molecule has 0 heterocycles. The maximum atomic E-state index is 11.9. The molecule has 116 valence electrons. The van der Waals surface area contributed by atoms with E-state index in [1.165, 1.54) is 7.11 Å². The molecule has 0 aromatic carbocycles. The lowest BCUT2D eigenvalue weighted by atomic mass is 9.81. The van der Waals surface area contributed by atoms with Crippen LogP contribution >= 0.6 is 0 Å². The van der Waals surface area contributed by atoms with Gasteiger partial charge in [-0.05, 0) is 47.0 Å². The van der Waals surface area contributed by atoms with Crippen LogP contribution in [0.15, 0.2) is 0 Å². The smallest absolute Gasteiger partial charge is 0.407 e. The molecule has 0 radical (unpaired) electrons. The molecule has 0 saturated heterocycles. The molecule has 0 aromatic heterocycles. The van der Waals surface area contributed by atoms with Gasteiger partial charge in [-0.2, -0.15) is 0 Å². The van der Waals surface area contributed by atoms with Gasteiger partial charge in [0.05, 0.1) is 18.6 Å². The largest absolute Gasteiger partial charge is 0.469 e. The van der Waals surface area contributed by atoms with Gasteiger partial charge >= 0.3 is 12.1 Å². The molecule has 3 atom stereocenters. The molecule has 0 aromatic rings. The second-order valence-corrected chi connectivity index (χ2v) is 6.41. The number of aliphatic hydroxyl groups is 1. The van der Waals surface area contributed by atoms with Crippen molar-refractivity contribution in [3.8, 4) is 0 Å². The van der Waals surface area contributed by atoms with Crippen molar-refractivity contribution in [2.24, 2.45) is 5.41 Å². The molecule has 20 heavy (non-hydrogen) atoms. The molecule has 1 aliphatic rings. The highest BCUT2D eigenvalue weighted by Gasteiger charge is 2.50. The molecule has 6 heteroatoms. The van der Waals surface area contributed by atoms with Crippen molar-refractivity contribution in [3.63, 3.8) is 0 Å². The number of amides is 1. The Morgan fingerprint density at radius 2 is 2.00 bits per heavy atom. The Hall–Kier alpha value is -1.30. The molecule has 0 aliphatic heterocycles. The van der Waals surface area contributed by atoms with E-state index in [4.69, 9.17) is 9.47 Å². The molecule has 1 rings (SSSR count). The van der Waals surface area contributed by atoms with Crippen molar-refractivity contribution >= 4 is 12.1 Å². The summed E-state index contributed by atoms with van der Waals surface area (Å²) in [7, 11) is 1.31. The highest BCUT2D eigenvalue weighted by atomic mass is 16.6. The van der Waals surface area contributed by atoms with Crippen LogP contribution in [0.2, 0.25) is 0 Å². The van der Waals surface area contributed by atoms with Crippen LogP contribution in [-0.4, -0.2) is 42.0 Å². The van der Waals surface area contributed by atoms with E-state index in [2.05, 4.69) is 5.32 Å². The van der Waals surface area contributed by atoms with Crippen LogP contribution in [0.5, 0.6) is 0 Å². The van der Waals surface area contributed by atoms with Crippen LogP contribution in [0.25, 0.3) is 0 Å². The van der Waals surface area contributed by atoms with Crippen LogP contribution < -0.4 is 5.32 Å². The van der Waals surface area contributed by atoms with E-state index in [-0.39, 0.29) is 6.04 Å². The fourth-order valence-corrected chi connectivity index (χ4v) is 2.61. The van der Waals surface area contributed by atoms with Gasteiger partial charge in [0, 0.05) is 6.04 Å². The molecule has 1 unspecified atom stereocenters. The molecule has 1 saturated carbocycles. The van der Waals surface area contributed by atoms with Crippen molar-refractivity contribution < 1.29 is 24.2 Å². The summed E-state index contributed by atoms with van der Waals surface area (Å²) < 4.78 is 9.98. The molecule has 0 bridgehead atoms. The summed E-state index contributed by atoms with van der Waals surface area (Å²) in [5.41, 5.74) is -1.50. The topological polar surface area (TPSA) is 84.9 Å². The fourth-order valence-electron chi connectivity index (χ4n) is 2.61. The van der Waals surface area contributed by atoms with Gasteiger partial charge in [-0.25, -0.2) is 4.79 Å². The lowest BCUT2D eigenvalue weighted by Crippen LogP contribution is -2.43. The Balaban J connectivity index is 2.66. The lowest BCUT2D eigenvalue weighted by molar-refractivity contribution is -0.159. The third kappa shape index (κ3) is 3.85. The number of alkyl carbamates (subject to hydrolysis) is 1. The summed E-state index contributed by atoms with van der Waals surface area (Å²) in [6.07, 6.45) is 0.127. The van der Waals surface area contributed by atoms with Gasteiger partial charge in [0.15, 0.2) is 0 Å². The Morgan fingerprint density at radius 1 is 1.40 bits per heavy atom. The zero-order valence-electron chi connectivity index (χ0n) is 12.9. The number of esters is 1. The molecular weight excluding hydrogens is 262 g/mol. The Labute approximate surface area is 119 Å². The first kappa shape index (κ1) is 16.8. The number of rotatable bonds is 3. The van der Waals surface area contributed by atoms with Gasteiger partial charge in [-0.1, -0.05) is 0 Å². The molecule has 6 nitrogen and oxygen atoms in total. The third-order valence-corrected chi connectivity index (χ3v) is 3.66. The zero-order chi connectivity index (χ0) is 15.6. The van der Waals surface area contributed by atoms with Crippen molar-refractivity contribution in [2.75, 3.05) is 7.11 Å². The van der Waals surface area contributed by atoms with Crippen LogP contribution in [0.1, 0.15) is 47.0 Å². The number of carbonyl (C=O) groups excluding carboxylic acids is 2. The zero-order valence-corrected chi connectivity index (χ0v) is 12.9. The average Bonchev–Trinajstić information content (AvgIpc) is 2.70. The second-order valence-electron chi connectivity index (χ2n) is 6.41. The standard InChI is InChI=1S/C14H25NO5/c1-9(16)14(11(17)19-5)7-6-10(8-14)15-12(18)20-13(2,3)4/h9-10,16H,6-8H2,1-5H3,(H,15,18)/t9?,10-,14+/m1/s1. The minimum Gasteiger partial charge on any atom is -0.469 e. The number of carbonyl (C=O) groups is 2. The Bertz CT molecular complexity index is 374. The van der Waals surface area contributed by atoms with Crippen LogP contribution in [0.3, 0.4) is 0 Å². The number of ether oxygens (including phenoxy) is 2. The van der Waals surface area contributed by atoms with Gasteiger partial charge in [0.25, 0.3) is 0 Å². The first-order chi connectivity index (χ1) is 9.10. The van der Waals surface area contributed by atoms with Crippen molar-refractivity contribution in [1.82, 2.24) is 5.32 Å². The number of hydrogen-bond acceptors (Lipinski definition) is 5. The maximum absolute atomic E-state index is 11.9. The highest BCUT2D eigenvalue weighted by Crippen LogP contribution is 2.42. The first-order valence-electron chi connectivity index (χ1n) is 6.87. The van der Waals surface area contributed by atoms with Gasteiger partial charge in [0.2, 0.25) is 0 Å². The van der Waals surface area contributed by atoms with Gasteiger partial charge in [-0.15, -0.1) is 0 Å². The minimum atomic E-state index is -0.936. The SMILES string of the molecule is COC(=O)[C@@]1(C(C)O)CC[C@@H](NC(=O)OC(C)(C)C)C1. The second kappa shape index (κ2) is 5.99. The fraction of sp³-hybridized carbons (Fsp3) is 0.857. The van der Waals surface area contributed by atoms with Gasteiger partial charge in [0.1, 0.15) is 5.60 Å². The van der Waals surface area contributed by atoms with Crippen molar-refractivity contribution in [3.05, 3.63) is 0 Å². The van der Waals surface area contributed by atoms with Gasteiger partial charge < -0.3 is 19.9 Å². The van der Waals surface area contributed by atoms with E-state index in [0.29, 0.717) is 19.3 Å². The number of nitrogens with one attached hydrogen (secondary N) is 1. The number of hydrogen-bond donors (Lipinski definition) is 2. The van der Waals surface area contributed by atoms with Crippen molar-refractivity contribution in [1.29, 1.82) is 0 Å². The van der Waals surface area contributed by atoms with E-state index in [9.17, 15) is 14.7 Å². The monoisotopic (exact) mass is 287 g/mol.